The normalized spacial score (nSPS) is 11.3. The Hall–Kier alpha value is -2.44. The molecule has 4 nitrogen and oxygen atoms in total. The minimum atomic E-state index is -4.50. The third kappa shape index (κ3) is 4.51. The maximum Gasteiger partial charge on any atom is 0.406 e. The molecule has 0 radical (unpaired) electrons. The molecule has 0 unspecified atom stereocenters. The van der Waals surface area contributed by atoms with Crippen molar-refractivity contribution < 1.29 is 27.1 Å². The van der Waals surface area contributed by atoms with E-state index < -0.39 is 18.6 Å². The molecular weight excluding hydrogens is 311 g/mol. The summed E-state index contributed by atoms with van der Waals surface area (Å²) in [6.45, 7) is 0.160. The number of hydrogen-bond donors (Lipinski definition) is 0. The van der Waals surface area contributed by atoms with Gasteiger partial charge in [0.05, 0.1) is 19.9 Å². The van der Waals surface area contributed by atoms with Crippen molar-refractivity contribution in [1.29, 1.82) is 0 Å². The second-order valence-corrected chi connectivity index (χ2v) is 5.04. The van der Waals surface area contributed by atoms with Gasteiger partial charge >= 0.3 is 6.18 Å². The SMILES string of the molecule is COc1cc(C(=O)N(Cc2ccco2)CC(F)(F)F)ccc1C. The number of carbonyl (C=O) groups is 1. The van der Waals surface area contributed by atoms with E-state index in [1.54, 1.807) is 19.1 Å². The summed E-state index contributed by atoms with van der Waals surface area (Å²) in [7, 11) is 1.44. The first-order valence-electron chi connectivity index (χ1n) is 6.83. The predicted octanol–water partition coefficient (Wildman–Crippen LogP) is 3.80. The van der Waals surface area contributed by atoms with Crippen molar-refractivity contribution in [1.82, 2.24) is 4.90 Å². The number of hydrogen-bond acceptors (Lipinski definition) is 3. The Morgan fingerprint density at radius 1 is 1.30 bits per heavy atom. The molecule has 0 aliphatic rings. The van der Waals surface area contributed by atoms with Gasteiger partial charge in [0, 0.05) is 5.56 Å². The molecule has 2 aromatic rings. The van der Waals surface area contributed by atoms with E-state index in [9.17, 15) is 18.0 Å². The van der Waals surface area contributed by atoms with Gasteiger partial charge in [0.1, 0.15) is 18.1 Å². The van der Waals surface area contributed by atoms with Gasteiger partial charge in [0.2, 0.25) is 0 Å². The Balaban J connectivity index is 2.28. The lowest BCUT2D eigenvalue weighted by molar-refractivity contribution is -0.142. The number of nitrogens with zero attached hydrogens (tertiary/aromatic N) is 1. The van der Waals surface area contributed by atoms with Crippen molar-refractivity contribution in [2.24, 2.45) is 0 Å². The highest BCUT2D eigenvalue weighted by Crippen LogP contribution is 2.23. The van der Waals surface area contributed by atoms with E-state index in [1.165, 1.54) is 31.6 Å². The van der Waals surface area contributed by atoms with Crippen LogP contribution >= 0.6 is 0 Å². The minimum absolute atomic E-state index is 0.128. The first-order chi connectivity index (χ1) is 10.8. The van der Waals surface area contributed by atoms with E-state index in [2.05, 4.69) is 0 Å². The van der Waals surface area contributed by atoms with E-state index in [0.29, 0.717) is 10.6 Å². The highest BCUT2D eigenvalue weighted by atomic mass is 19.4. The first kappa shape index (κ1) is 16.9. The maximum absolute atomic E-state index is 12.8. The van der Waals surface area contributed by atoms with E-state index in [-0.39, 0.29) is 17.9 Å². The van der Waals surface area contributed by atoms with Crippen LogP contribution in [0.2, 0.25) is 0 Å². The van der Waals surface area contributed by atoms with E-state index >= 15 is 0 Å². The maximum atomic E-state index is 12.8. The molecule has 2 rings (SSSR count). The van der Waals surface area contributed by atoms with Crippen LogP contribution in [0.1, 0.15) is 21.7 Å². The quantitative estimate of drug-likeness (QED) is 0.839. The number of halogens is 3. The summed E-state index contributed by atoms with van der Waals surface area (Å²) in [5, 5.41) is 0. The topological polar surface area (TPSA) is 42.7 Å². The molecule has 1 amide bonds. The Bertz CT molecular complexity index is 666. The summed E-state index contributed by atoms with van der Waals surface area (Å²) >= 11 is 0. The molecule has 23 heavy (non-hydrogen) atoms. The fourth-order valence-corrected chi connectivity index (χ4v) is 2.14. The zero-order valence-corrected chi connectivity index (χ0v) is 12.7. The standard InChI is InChI=1S/C16H16F3NO3/c1-11-5-6-12(8-14(11)22-2)15(21)20(10-16(17,18)19)9-13-4-3-7-23-13/h3-8H,9-10H2,1-2H3. The van der Waals surface area contributed by atoms with Crippen LogP contribution in [0.25, 0.3) is 0 Å². The van der Waals surface area contributed by atoms with Gasteiger partial charge in [-0.2, -0.15) is 13.2 Å². The fourth-order valence-electron chi connectivity index (χ4n) is 2.14. The van der Waals surface area contributed by atoms with Crippen molar-refractivity contribution in [3.8, 4) is 5.75 Å². The van der Waals surface area contributed by atoms with Gasteiger partial charge in [0.15, 0.2) is 0 Å². The summed E-state index contributed by atoms with van der Waals surface area (Å²) in [6, 6.07) is 7.62. The number of methoxy groups -OCH3 is 1. The number of rotatable bonds is 5. The van der Waals surface area contributed by atoms with E-state index in [4.69, 9.17) is 9.15 Å². The second kappa shape index (κ2) is 6.76. The second-order valence-electron chi connectivity index (χ2n) is 5.04. The van der Waals surface area contributed by atoms with Crippen molar-refractivity contribution in [3.05, 3.63) is 53.5 Å². The fraction of sp³-hybridized carbons (Fsp3) is 0.312. The molecule has 0 aliphatic heterocycles. The number of carbonyl (C=O) groups excluding carboxylic acids is 1. The lowest BCUT2D eigenvalue weighted by Crippen LogP contribution is -2.38. The van der Waals surface area contributed by atoms with Crippen LogP contribution in [0.3, 0.4) is 0 Å². The highest BCUT2D eigenvalue weighted by Gasteiger charge is 2.34. The molecular formula is C16H16F3NO3. The molecule has 0 spiro atoms. The zero-order chi connectivity index (χ0) is 17.0. The monoisotopic (exact) mass is 327 g/mol. The van der Waals surface area contributed by atoms with E-state index in [0.717, 1.165) is 5.56 Å². The molecule has 0 saturated heterocycles. The molecule has 1 aromatic heterocycles. The van der Waals surface area contributed by atoms with Crippen LogP contribution in [-0.4, -0.2) is 30.6 Å². The molecule has 0 fully saturated rings. The van der Waals surface area contributed by atoms with Gasteiger partial charge in [-0.15, -0.1) is 0 Å². The van der Waals surface area contributed by atoms with Crippen LogP contribution in [0.5, 0.6) is 5.75 Å². The molecule has 0 saturated carbocycles. The van der Waals surface area contributed by atoms with Crippen molar-refractivity contribution in [2.45, 2.75) is 19.6 Å². The smallest absolute Gasteiger partial charge is 0.406 e. The Morgan fingerprint density at radius 2 is 2.04 bits per heavy atom. The lowest BCUT2D eigenvalue weighted by Gasteiger charge is -2.23. The van der Waals surface area contributed by atoms with Gasteiger partial charge in [-0.3, -0.25) is 4.79 Å². The van der Waals surface area contributed by atoms with Gasteiger partial charge in [-0.05, 0) is 36.8 Å². The summed E-state index contributed by atoms with van der Waals surface area (Å²) in [5.41, 5.74) is 0.917. The van der Waals surface area contributed by atoms with Crippen LogP contribution in [0.15, 0.2) is 41.0 Å². The number of benzene rings is 1. The van der Waals surface area contributed by atoms with Gasteiger partial charge < -0.3 is 14.1 Å². The number of ether oxygens (including phenoxy) is 1. The molecule has 0 aliphatic carbocycles. The summed E-state index contributed by atoms with van der Waals surface area (Å²) < 4.78 is 48.5. The van der Waals surface area contributed by atoms with Crippen LogP contribution in [0, 0.1) is 6.92 Å². The average Bonchev–Trinajstić information content (AvgIpc) is 2.98. The van der Waals surface area contributed by atoms with Crippen LogP contribution < -0.4 is 4.74 Å². The molecule has 0 N–H and O–H groups in total. The number of alkyl halides is 3. The molecule has 124 valence electrons. The Labute approximate surface area is 131 Å². The third-order valence-electron chi connectivity index (χ3n) is 3.24. The molecule has 0 bridgehead atoms. The summed E-state index contributed by atoms with van der Waals surface area (Å²) in [6.07, 6.45) is -3.16. The predicted molar refractivity (Wildman–Crippen MR) is 77.2 cm³/mol. The van der Waals surface area contributed by atoms with Gasteiger partial charge in [-0.25, -0.2) is 0 Å². The van der Waals surface area contributed by atoms with Crippen LogP contribution in [0.4, 0.5) is 13.2 Å². The lowest BCUT2D eigenvalue weighted by atomic mass is 10.1. The number of amides is 1. The minimum Gasteiger partial charge on any atom is -0.496 e. The summed E-state index contributed by atoms with van der Waals surface area (Å²) in [5.74, 6) is -0.0143. The largest absolute Gasteiger partial charge is 0.496 e. The van der Waals surface area contributed by atoms with Gasteiger partial charge in [-0.1, -0.05) is 6.07 Å². The number of aryl methyl sites for hydroxylation is 1. The van der Waals surface area contributed by atoms with Crippen molar-refractivity contribution >= 4 is 5.91 Å². The third-order valence-corrected chi connectivity index (χ3v) is 3.24. The van der Waals surface area contributed by atoms with Crippen molar-refractivity contribution in [3.63, 3.8) is 0 Å². The van der Waals surface area contributed by atoms with E-state index in [1.807, 2.05) is 0 Å². The van der Waals surface area contributed by atoms with Crippen molar-refractivity contribution in [2.75, 3.05) is 13.7 Å². The number of furan rings is 1. The average molecular weight is 327 g/mol. The zero-order valence-electron chi connectivity index (χ0n) is 12.7. The first-order valence-corrected chi connectivity index (χ1v) is 6.83. The summed E-state index contributed by atoms with van der Waals surface area (Å²) in [4.78, 5) is 13.2. The van der Waals surface area contributed by atoms with Gasteiger partial charge in [0.25, 0.3) is 5.91 Å². The molecule has 0 atom stereocenters. The Morgan fingerprint density at radius 3 is 2.61 bits per heavy atom. The molecule has 1 aromatic carbocycles. The highest BCUT2D eigenvalue weighted by molar-refractivity contribution is 5.94. The Kier molecular flexibility index (Phi) is 4.98. The van der Waals surface area contributed by atoms with Crippen LogP contribution in [-0.2, 0) is 6.54 Å². The molecule has 7 heteroatoms. The molecule has 1 heterocycles.